The Balaban J connectivity index is 1.89. The molecular weight excluding hydrogens is 338 g/mol. The number of nitrogens with one attached hydrogen (secondary N) is 1. The van der Waals surface area contributed by atoms with Crippen LogP contribution in [0.1, 0.15) is 24.0 Å². The normalized spacial score (nSPS) is 14.4. The molecule has 0 saturated carbocycles. The van der Waals surface area contributed by atoms with Crippen LogP contribution in [-0.2, 0) is 14.8 Å². The summed E-state index contributed by atoms with van der Waals surface area (Å²) in [6.07, 6.45) is 1.37. The SMILES string of the molecule is Cc1cc(NS(=O)(=O)c2ccccc2C#N)ccc1N1CCCC1=O. The molecule has 0 atom stereocenters. The summed E-state index contributed by atoms with van der Waals surface area (Å²) >= 11 is 0. The Hall–Kier alpha value is -2.85. The van der Waals surface area contributed by atoms with Gasteiger partial charge >= 0.3 is 0 Å². The summed E-state index contributed by atoms with van der Waals surface area (Å²) < 4.78 is 27.6. The van der Waals surface area contributed by atoms with Crippen LogP contribution < -0.4 is 9.62 Å². The van der Waals surface area contributed by atoms with E-state index in [0.29, 0.717) is 18.7 Å². The first-order valence-electron chi connectivity index (χ1n) is 7.85. The number of carbonyl (C=O) groups is 1. The van der Waals surface area contributed by atoms with E-state index in [0.717, 1.165) is 17.7 Å². The van der Waals surface area contributed by atoms with E-state index in [9.17, 15) is 13.2 Å². The average Bonchev–Trinajstić information content (AvgIpc) is 3.00. The predicted molar refractivity (Wildman–Crippen MR) is 94.7 cm³/mol. The van der Waals surface area contributed by atoms with Gasteiger partial charge in [0.1, 0.15) is 11.0 Å². The summed E-state index contributed by atoms with van der Waals surface area (Å²) in [5, 5.41) is 9.09. The second-order valence-electron chi connectivity index (χ2n) is 5.86. The van der Waals surface area contributed by atoms with Crippen molar-refractivity contribution in [3.8, 4) is 6.07 Å². The van der Waals surface area contributed by atoms with E-state index in [2.05, 4.69) is 4.72 Å². The Morgan fingerprint density at radius 3 is 2.60 bits per heavy atom. The molecule has 128 valence electrons. The molecule has 3 rings (SSSR count). The molecule has 0 spiro atoms. The van der Waals surface area contributed by atoms with Gasteiger partial charge in [0.05, 0.1) is 5.56 Å². The lowest BCUT2D eigenvalue weighted by Gasteiger charge is -2.19. The first-order valence-corrected chi connectivity index (χ1v) is 9.33. The second-order valence-corrected chi connectivity index (χ2v) is 7.51. The van der Waals surface area contributed by atoms with Crippen LogP contribution in [0.15, 0.2) is 47.4 Å². The third-order valence-corrected chi connectivity index (χ3v) is 5.55. The van der Waals surface area contributed by atoms with Gasteiger partial charge in [0.25, 0.3) is 10.0 Å². The molecule has 6 nitrogen and oxygen atoms in total. The van der Waals surface area contributed by atoms with Crippen LogP contribution in [0.2, 0.25) is 0 Å². The molecule has 2 aromatic carbocycles. The van der Waals surface area contributed by atoms with Gasteiger partial charge in [0.2, 0.25) is 5.91 Å². The number of sulfonamides is 1. The number of anilines is 2. The topological polar surface area (TPSA) is 90.3 Å². The Kier molecular flexibility index (Phi) is 4.47. The zero-order valence-corrected chi connectivity index (χ0v) is 14.5. The van der Waals surface area contributed by atoms with Gasteiger partial charge < -0.3 is 4.90 Å². The fraction of sp³-hybridized carbons (Fsp3) is 0.222. The molecular formula is C18H17N3O3S. The average molecular weight is 355 g/mol. The van der Waals surface area contributed by atoms with E-state index in [1.54, 1.807) is 35.2 Å². The third kappa shape index (κ3) is 3.35. The number of hydrogen-bond donors (Lipinski definition) is 1. The molecule has 7 heteroatoms. The van der Waals surface area contributed by atoms with Gasteiger partial charge in [-0.25, -0.2) is 8.42 Å². The lowest BCUT2D eigenvalue weighted by Crippen LogP contribution is -2.24. The maximum absolute atomic E-state index is 12.6. The molecule has 0 bridgehead atoms. The minimum atomic E-state index is -3.87. The van der Waals surface area contributed by atoms with E-state index >= 15 is 0 Å². The minimum absolute atomic E-state index is 0.0612. The van der Waals surface area contributed by atoms with Crippen molar-refractivity contribution in [1.82, 2.24) is 0 Å². The largest absolute Gasteiger partial charge is 0.312 e. The summed E-state index contributed by atoms with van der Waals surface area (Å²) in [7, 11) is -3.87. The predicted octanol–water partition coefficient (Wildman–Crippen LogP) is 2.79. The summed E-state index contributed by atoms with van der Waals surface area (Å²) in [5.74, 6) is 0.0828. The lowest BCUT2D eigenvalue weighted by molar-refractivity contribution is -0.117. The number of hydrogen-bond acceptors (Lipinski definition) is 4. The number of rotatable bonds is 4. The molecule has 0 radical (unpaired) electrons. The van der Waals surface area contributed by atoms with Crippen molar-refractivity contribution in [1.29, 1.82) is 5.26 Å². The van der Waals surface area contributed by atoms with E-state index in [1.807, 2.05) is 13.0 Å². The highest BCUT2D eigenvalue weighted by Crippen LogP contribution is 2.28. The number of nitriles is 1. The number of benzene rings is 2. The maximum Gasteiger partial charge on any atom is 0.263 e. The number of aryl methyl sites for hydroxylation is 1. The number of nitrogens with zero attached hydrogens (tertiary/aromatic N) is 2. The number of carbonyl (C=O) groups excluding carboxylic acids is 1. The smallest absolute Gasteiger partial charge is 0.263 e. The van der Waals surface area contributed by atoms with Crippen LogP contribution in [0, 0.1) is 18.3 Å². The Morgan fingerprint density at radius 1 is 1.20 bits per heavy atom. The molecule has 1 saturated heterocycles. The van der Waals surface area contributed by atoms with E-state index in [1.165, 1.54) is 12.1 Å². The van der Waals surface area contributed by atoms with Crippen molar-refractivity contribution in [2.45, 2.75) is 24.7 Å². The first kappa shape index (κ1) is 17.0. The molecule has 0 unspecified atom stereocenters. The summed E-state index contributed by atoms with van der Waals surface area (Å²) in [5.41, 5.74) is 2.08. The van der Waals surface area contributed by atoms with Crippen molar-refractivity contribution < 1.29 is 13.2 Å². The van der Waals surface area contributed by atoms with Gasteiger partial charge in [-0.1, -0.05) is 12.1 Å². The fourth-order valence-electron chi connectivity index (χ4n) is 2.93. The summed E-state index contributed by atoms with van der Waals surface area (Å²) in [6, 6.07) is 13.0. The van der Waals surface area contributed by atoms with Gasteiger partial charge in [-0.2, -0.15) is 5.26 Å². The Morgan fingerprint density at radius 2 is 1.96 bits per heavy atom. The molecule has 0 aliphatic carbocycles. The zero-order valence-electron chi connectivity index (χ0n) is 13.7. The molecule has 25 heavy (non-hydrogen) atoms. The maximum atomic E-state index is 12.6. The van der Waals surface area contributed by atoms with Crippen LogP contribution in [0.4, 0.5) is 11.4 Å². The second kappa shape index (κ2) is 6.57. The van der Waals surface area contributed by atoms with Crippen molar-refractivity contribution in [2.75, 3.05) is 16.2 Å². The quantitative estimate of drug-likeness (QED) is 0.913. The molecule has 1 fully saturated rings. The lowest BCUT2D eigenvalue weighted by atomic mass is 10.1. The van der Waals surface area contributed by atoms with Crippen LogP contribution in [0.5, 0.6) is 0 Å². The van der Waals surface area contributed by atoms with E-state index in [4.69, 9.17) is 5.26 Å². The Labute approximate surface area is 146 Å². The monoisotopic (exact) mass is 355 g/mol. The third-order valence-electron chi connectivity index (χ3n) is 4.11. The van der Waals surface area contributed by atoms with Crippen molar-refractivity contribution >= 4 is 27.3 Å². The minimum Gasteiger partial charge on any atom is -0.312 e. The standard InChI is InChI=1S/C18H17N3O3S/c1-13-11-15(8-9-16(13)21-10-4-7-18(21)22)20-25(23,24)17-6-3-2-5-14(17)12-19/h2-3,5-6,8-9,11,20H,4,7,10H2,1H3. The molecule has 2 aromatic rings. The van der Waals surface area contributed by atoms with Gasteiger partial charge in [-0.05, 0) is 49.2 Å². The zero-order chi connectivity index (χ0) is 18.0. The van der Waals surface area contributed by atoms with E-state index < -0.39 is 10.0 Å². The van der Waals surface area contributed by atoms with Crippen molar-refractivity contribution in [3.63, 3.8) is 0 Å². The fourth-order valence-corrected chi connectivity index (χ4v) is 4.14. The molecule has 1 aliphatic heterocycles. The van der Waals surface area contributed by atoms with Crippen molar-refractivity contribution in [3.05, 3.63) is 53.6 Å². The first-order chi connectivity index (χ1) is 11.9. The molecule has 1 N–H and O–H groups in total. The van der Waals surface area contributed by atoms with E-state index in [-0.39, 0.29) is 16.4 Å². The molecule has 1 amide bonds. The highest BCUT2D eigenvalue weighted by atomic mass is 32.2. The molecule has 1 heterocycles. The summed E-state index contributed by atoms with van der Waals surface area (Å²) in [4.78, 5) is 13.5. The van der Waals surface area contributed by atoms with Crippen LogP contribution in [0.25, 0.3) is 0 Å². The molecule has 0 aromatic heterocycles. The van der Waals surface area contributed by atoms with Crippen LogP contribution in [0.3, 0.4) is 0 Å². The highest BCUT2D eigenvalue weighted by molar-refractivity contribution is 7.92. The van der Waals surface area contributed by atoms with Crippen molar-refractivity contribution in [2.24, 2.45) is 0 Å². The van der Waals surface area contributed by atoms with Crippen LogP contribution in [-0.4, -0.2) is 20.9 Å². The van der Waals surface area contributed by atoms with Crippen LogP contribution >= 0.6 is 0 Å². The molecule has 1 aliphatic rings. The Bertz CT molecular complexity index is 977. The van der Waals surface area contributed by atoms with Gasteiger partial charge in [-0.15, -0.1) is 0 Å². The summed E-state index contributed by atoms with van der Waals surface area (Å²) in [6.45, 7) is 2.52. The van der Waals surface area contributed by atoms with Gasteiger partial charge in [0.15, 0.2) is 0 Å². The van der Waals surface area contributed by atoms with Gasteiger partial charge in [-0.3, -0.25) is 9.52 Å². The van der Waals surface area contributed by atoms with Gasteiger partial charge in [0, 0.05) is 24.3 Å². The number of amides is 1. The highest BCUT2D eigenvalue weighted by Gasteiger charge is 2.24.